The van der Waals surface area contributed by atoms with Gasteiger partial charge in [0.15, 0.2) is 11.6 Å². The van der Waals surface area contributed by atoms with Crippen molar-refractivity contribution in [1.29, 1.82) is 0 Å². The van der Waals surface area contributed by atoms with E-state index in [1.807, 2.05) is 0 Å². The van der Waals surface area contributed by atoms with Gasteiger partial charge < -0.3 is 10.6 Å². The number of hydrogen-bond donors (Lipinski definition) is 2. The van der Waals surface area contributed by atoms with E-state index in [0.717, 1.165) is 12.1 Å². The van der Waals surface area contributed by atoms with Crippen LogP contribution < -0.4 is 10.6 Å². The molecule has 5 heteroatoms. The zero-order chi connectivity index (χ0) is 12.8. The van der Waals surface area contributed by atoms with Crippen LogP contribution in [-0.2, 0) is 0 Å². The Morgan fingerprint density at radius 2 is 2.18 bits per heavy atom. The van der Waals surface area contributed by atoms with Crippen LogP contribution in [0.5, 0.6) is 0 Å². The Balaban J connectivity index is 2.64. The van der Waals surface area contributed by atoms with Gasteiger partial charge in [-0.25, -0.2) is 13.6 Å². The third-order valence-electron chi connectivity index (χ3n) is 2.14. The Kier molecular flexibility index (Phi) is 4.46. The molecule has 2 amide bonds. The highest BCUT2D eigenvalue weighted by Gasteiger charge is 2.11. The Morgan fingerprint density at radius 1 is 1.47 bits per heavy atom. The van der Waals surface area contributed by atoms with Crippen LogP contribution in [0.15, 0.2) is 18.2 Å². The molecule has 0 heterocycles. The summed E-state index contributed by atoms with van der Waals surface area (Å²) in [6.45, 7) is 1.76. The largest absolute Gasteiger partial charge is 0.332 e. The van der Waals surface area contributed by atoms with Crippen LogP contribution in [-0.4, -0.2) is 12.6 Å². The highest BCUT2D eigenvalue weighted by molar-refractivity contribution is 5.74. The first-order chi connectivity index (χ1) is 8.04. The quantitative estimate of drug-likeness (QED) is 0.776. The van der Waals surface area contributed by atoms with Crippen molar-refractivity contribution in [2.24, 2.45) is 0 Å². The lowest BCUT2D eigenvalue weighted by molar-refractivity contribution is 0.239. The molecule has 1 aromatic carbocycles. The van der Waals surface area contributed by atoms with Crippen LogP contribution in [0.1, 0.15) is 18.5 Å². The van der Waals surface area contributed by atoms with E-state index in [9.17, 15) is 13.6 Å². The molecule has 1 rings (SSSR count). The number of carbonyl (C=O) groups excluding carboxylic acids is 1. The van der Waals surface area contributed by atoms with Crippen molar-refractivity contribution in [3.8, 4) is 12.3 Å². The molecule has 1 atom stereocenters. The average molecular weight is 238 g/mol. The Bertz CT molecular complexity index is 454. The molecule has 1 unspecified atom stereocenters. The second-order valence-corrected chi connectivity index (χ2v) is 3.43. The maximum absolute atomic E-state index is 12.9. The molecular formula is C12H12F2N2O. The van der Waals surface area contributed by atoms with Gasteiger partial charge in [0.25, 0.3) is 0 Å². The highest BCUT2D eigenvalue weighted by atomic mass is 19.2. The first-order valence-electron chi connectivity index (χ1n) is 4.97. The molecule has 0 aliphatic rings. The van der Waals surface area contributed by atoms with Crippen molar-refractivity contribution in [3.05, 3.63) is 35.4 Å². The minimum absolute atomic E-state index is 0.107. The summed E-state index contributed by atoms with van der Waals surface area (Å²) in [5.74, 6) is 0.384. The number of carbonyl (C=O) groups is 1. The summed E-state index contributed by atoms with van der Waals surface area (Å²) in [6, 6.07) is 2.57. The standard InChI is InChI=1S/C12H12F2N2O/c1-3-6-15-12(17)16-8(2)9-4-5-10(13)11(14)7-9/h1,4-5,7-8H,6H2,2H3,(H2,15,16,17). The molecule has 1 aromatic rings. The topological polar surface area (TPSA) is 41.1 Å². The number of nitrogens with one attached hydrogen (secondary N) is 2. The van der Waals surface area contributed by atoms with Gasteiger partial charge in [-0.3, -0.25) is 0 Å². The van der Waals surface area contributed by atoms with E-state index in [4.69, 9.17) is 6.42 Å². The SMILES string of the molecule is C#CCNC(=O)NC(C)c1ccc(F)c(F)c1. The Morgan fingerprint density at radius 3 is 2.76 bits per heavy atom. The van der Waals surface area contributed by atoms with E-state index < -0.39 is 23.7 Å². The van der Waals surface area contributed by atoms with E-state index in [2.05, 4.69) is 16.6 Å². The van der Waals surface area contributed by atoms with Crippen LogP contribution in [0.25, 0.3) is 0 Å². The Labute approximate surface area is 98.2 Å². The van der Waals surface area contributed by atoms with Gasteiger partial charge in [-0.2, -0.15) is 0 Å². The normalized spacial score (nSPS) is 11.4. The molecule has 3 nitrogen and oxygen atoms in total. The maximum atomic E-state index is 12.9. The van der Waals surface area contributed by atoms with Gasteiger partial charge in [0.1, 0.15) is 0 Å². The fourth-order valence-electron chi connectivity index (χ4n) is 1.24. The van der Waals surface area contributed by atoms with Crippen molar-refractivity contribution in [3.63, 3.8) is 0 Å². The predicted molar refractivity (Wildman–Crippen MR) is 60.1 cm³/mol. The van der Waals surface area contributed by atoms with E-state index in [-0.39, 0.29) is 6.54 Å². The van der Waals surface area contributed by atoms with Crippen LogP contribution in [0, 0.1) is 24.0 Å². The molecule has 0 fully saturated rings. The van der Waals surface area contributed by atoms with Gasteiger partial charge in [-0.1, -0.05) is 12.0 Å². The van der Waals surface area contributed by atoms with Gasteiger partial charge in [-0.05, 0) is 24.6 Å². The van der Waals surface area contributed by atoms with E-state index in [0.29, 0.717) is 5.56 Å². The monoisotopic (exact) mass is 238 g/mol. The third kappa shape index (κ3) is 3.76. The number of amides is 2. The number of terminal acetylenes is 1. The van der Waals surface area contributed by atoms with Crippen molar-refractivity contribution < 1.29 is 13.6 Å². The number of benzene rings is 1. The summed E-state index contributed by atoms with van der Waals surface area (Å²) in [7, 11) is 0. The third-order valence-corrected chi connectivity index (χ3v) is 2.14. The first kappa shape index (κ1) is 13.0. The fraction of sp³-hybridized carbons (Fsp3) is 0.250. The zero-order valence-corrected chi connectivity index (χ0v) is 9.26. The van der Waals surface area contributed by atoms with Gasteiger partial charge in [0.05, 0.1) is 12.6 Å². The van der Waals surface area contributed by atoms with Crippen molar-refractivity contribution in [2.75, 3.05) is 6.54 Å². The molecule has 2 N–H and O–H groups in total. The summed E-state index contributed by atoms with van der Waals surface area (Å²) in [5, 5.41) is 4.95. The smallest absolute Gasteiger partial charge is 0.316 e. The van der Waals surface area contributed by atoms with Crippen LogP contribution in [0.4, 0.5) is 13.6 Å². The van der Waals surface area contributed by atoms with Crippen molar-refractivity contribution in [1.82, 2.24) is 10.6 Å². The number of rotatable bonds is 3. The first-order valence-corrected chi connectivity index (χ1v) is 4.97. The van der Waals surface area contributed by atoms with Gasteiger partial charge >= 0.3 is 6.03 Å². The lowest BCUT2D eigenvalue weighted by atomic mass is 10.1. The van der Waals surface area contributed by atoms with Crippen LogP contribution in [0.2, 0.25) is 0 Å². The molecule has 0 aliphatic carbocycles. The second-order valence-electron chi connectivity index (χ2n) is 3.43. The fourth-order valence-corrected chi connectivity index (χ4v) is 1.24. The minimum Gasteiger partial charge on any atom is -0.332 e. The van der Waals surface area contributed by atoms with Crippen LogP contribution in [0.3, 0.4) is 0 Å². The molecule has 0 radical (unpaired) electrons. The highest BCUT2D eigenvalue weighted by Crippen LogP contribution is 2.15. The number of halogens is 2. The molecule has 0 saturated heterocycles. The van der Waals surface area contributed by atoms with Crippen molar-refractivity contribution in [2.45, 2.75) is 13.0 Å². The minimum atomic E-state index is -0.944. The molecule has 0 bridgehead atoms. The summed E-state index contributed by atoms with van der Waals surface area (Å²) in [4.78, 5) is 11.3. The van der Waals surface area contributed by atoms with E-state index in [1.54, 1.807) is 6.92 Å². The second kappa shape index (κ2) is 5.85. The summed E-state index contributed by atoms with van der Waals surface area (Å²) in [5.41, 5.74) is 0.472. The molecule has 17 heavy (non-hydrogen) atoms. The van der Waals surface area contributed by atoms with Crippen LogP contribution >= 0.6 is 0 Å². The van der Waals surface area contributed by atoms with Gasteiger partial charge in [0.2, 0.25) is 0 Å². The van der Waals surface area contributed by atoms with Gasteiger partial charge in [0, 0.05) is 0 Å². The van der Waals surface area contributed by atoms with Gasteiger partial charge in [-0.15, -0.1) is 6.42 Å². The number of urea groups is 1. The lowest BCUT2D eigenvalue weighted by Gasteiger charge is -2.14. The molecule has 90 valence electrons. The Hall–Kier alpha value is -2.09. The molecule has 0 spiro atoms. The van der Waals surface area contributed by atoms with E-state index in [1.165, 1.54) is 6.07 Å². The molecule has 0 saturated carbocycles. The molecular weight excluding hydrogens is 226 g/mol. The maximum Gasteiger partial charge on any atom is 0.316 e. The number of hydrogen-bond acceptors (Lipinski definition) is 1. The molecule has 0 aromatic heterocycles. The molecule has 0 aliphatic heterocycles. The predicted octanol–water partition coefficient (Wildman–Crippen LogP) is 1.96. The summed E-state index contributed by atoms with van der Waals surface area (Å²) < 4.78 is 25.6. The lowest BCUT2D eigenvalue weighted by Crippen LogP contribution is -2.37. The average Bonchev–Trinajstić information content (AvgIpc) is 2.30. The summed E-state index contributed by atoms with van der Waals surface area (Å²) in [6.07, 6.45) is 4.97. The summed E-state index contributed by atoms with van der Waals surface area (Å²) >= 11 is 0. The van der Waals surface area contributed by atoms with Crippen molar-refractivity contribution >= 4 is 6.03 Å². The zero-order valence-electron chi connectivity index (χ0n) is 9.26. The van der Waals surface area contributed by atoms with E-state index >= 15 is 0 Å².